The third-order valence-corrected chi connectivity index (χ3v) is 3.67. The van der Waals surface area contributed by atoms with Crippen molar-refractivity contribution in [1.29, 1.82) is 0 Å². The van der Waals surface area contributed by atoms with Crippen molar-refractivity contribution in [2.75, 3.05) is 5.32 Å². The van der Waals surface area contributed by atoms with Gasteiger partial charge in [-0.2, -0.15) is 0 Å². The molecular formula is C16H20N2O4. The van der Waals surface area contributed by atoms with E-state index in [2.05, 4.69) is 10.6 Å². The minimum absolute atomic E-state index is 0.172. The van der Waals surface area contributed by atoms with E-state index in [9.17, 15) is 14.4 Å². The van der Waals surface area contributed by atoms with E-state index in [1.165, 1.54) is 6.92 Å². The number of ether oxygens (including phenoxy) is 1. The first kappa shape index (κ1) is 16.0. The summed E-state index contributed by atoms with van der Waals surface area (Å²) in [6.07, 6.45) is -0.213. The van der Waals surface area contributed by atoms with Crippen LogP contribution in [0.1, 0.15) is 30.9 Å². The third-order valence-electron chi connectivity index (χ3n) is 3.67. The molecule has 1 saturated heterocycles. The number of aryl methyl sites for hydroxylation is 2. The van der Waals surface area contributed by atoms with Gasteiger partial charge in [-0.1, -0.05) is 18.2 Å². The lowest BCUT2D eigenvalue weighted by molar-refractivity contribution is -0.155. The van der Waals surface area contributed by atoms with Crippen LogP contribution in [0, 0.1) is 13.8 Å². The molecule has 0 spiro atoms. The minimum atomic E-state index is -0.927. The Morgan fingerprint density at radius 3 is 2.50 bits per heavy atom. The molecule has 0 bridgehead atoms. The second-order valence-corrected chi connectivity index (χ2v) is 5.49. The zero-order valence-corrected chi connectivity index (χ0v) is 12.9. The molecule has 1 aliphatic rings. The highest BCUT2D eigenvalue weighted by Gasteiger charge is 2.30. The summed E-state index contributed by atoms with van der Waals surface area (Å²) in [4.78, 5) is 35.1. The second-order valence-electron chi connectivity index (χ2n) is 5.49. The maximum atomic E-state index is 12.2. The molecule has 0 aromatic heterocycles. The predicted molar refractivity (Wildman–Crippen MR) is 81.3 cm³/mol. The van der Waals surface area contributed by atoms with Crippen LogP contribution in [-0.4, -0.2) is 29.9 Å². The fraction of sp³-hybridized carbons (Fsp3) is 0.438. The molecule has 1 aromatic carbocycles. The number of benzene rings is 1. The van der Waals surface area contributed by atoms with Crippen molar-refractivity contribution >= 4 is 23.5 Å². The quantitative estimate of drug-likeness (QED) is 0.825. The maximum Gasteiger partial charge on any atom is 0.329 e. The molecule has 2 N–H and O–H groups in total. The van der Waals surface area contributed by atoms with Gasteiger partial charge in [0.1, 0.15) is 6.04 Å². The lowest BCUT2D eigenvalue weighted by atomic mass is 10.1. The van der Waals surface area contributed by atoms with Crippen molar-refractivity contribution in [3.8, 4) is 0 Å². The van der Waals surface area contributed by atoms with Crippen LogP contribution in [-0.2, 0) is 19.1 Å². The van der Waals surface area contributed by atoms with Crippen LogP contribution < -0.4 is 10.6 Å². The molecule has 6 nitrogen and oxygen atoms in total. The standard InChI is InChI=1S/C16H20N2O4/c1-9-5-4-6-10(2)14(9)18-15(20)11(3)22-16(21)12-7-8-13(19)17-12/h4-6,11-12H,7-8H2,1-3H3,(H,17,19)(H,18,20)/t11-,12-/m0/s1. The Labute approximate surface area is 129 Å². The van der Waals surface area contributed by atoms with Gasteiger partial charge in [-0.15, -0.1) is 0 Å². The summed E-state index contributed by atoms with van der Waals surface area (Å²) in [6.45, 7) is 5.30. The summed E-state index contributed by atoms with van der Waals surface area (Å²) >= 11 is 0. The van der Waals surface area contributed by atoms with Crippen molar-refractivity contribution in [2.45, 2.75) is 45.8 Å². The molecular weight excluding hydrogens is 284 g/mol. The predicted octanol–water partition coefficient (Wildman–Crippen LogP) is 1.45. The Bertz CT molecular complexity index is 592. The molecule has 1 aliphatic heterocycles. The largest absolute Gasteiger partial charge is 0.451 e. The van der Waals surface area contributed by atoms with Crippen molar-refractivity contribution < 1.29 is 19.1 Å². The number of para-hydroxylation sites is 1. The molecule has 22 heavy (non-hydrogen) atoms. The lowest BCUT2D eigenvalue weighted by Crippen LogP contribution is -2.39. The van der Waals surface area contributed by atoms with Crippen LogP contribution in [0.25, 0.3) is 0 Å². The SMILES string of the molecule is Cc1cccc(C)c1NC(=O)[C@H](C)OC(=O)[C@@H]1CCC(=O)N1. The van der Waals surface area contributed by atoms with E-state index in [1.54, 1.807) is 0 Å². The van der Waals surface area contributed by atoms with Crippen molar-refractivity contribution in [3.63, 3.8) is 0 Å². The molecule has 2 atom stereocenters. The molecule has 1 aromatic rings. The molecule has 0 unspecified atom stereocenters. The van der Waals surface area contributed by atoms with Gasteiger partial charge in [-0.05, 0) is 38.3 Å². The summed E-state index contributed by atoms with van der Waals surface area (Å²) in [5, 5.41) is 5.30. The van der Waals surface area contributed by atoms with Crippen molar-refractivity contribution in [1.82, 2.24) is 5.32 Å². The Hall–Kier alpha value is -2.37. The normalized spacial score (nSPS) is 18.5. The molecule has 1 heterocycles. The molecule has 0 saturated carbocycles. The highest BCUT2D eigenvalue weighted by atomic mass is 16.5. The molecule has 1 fully saturated rings. The number of anilines is 1. The molecule has 2 amide bonds. The average Bonchev–Trinajstić information content (AvgIpc) is 2.89. The number of carbonyl (C=O) groups excluding carboxylic acids is 3. The summed E-state index contributed by atoms with van der Waals surface area (Å²) in [5.41, 5.74) is 2.61. The van der Waals surface area contributed by atoms with Gasteiger partial charge in [0.05, 0.1) is 0 Å². The van der Waals surface area contributed by atoms with E-state index in [-0.39, 0.29) is 5.91 Å². The lowest BCUT2D eigenvalue weighted by Gasteiger charge is -2.18. The number of amides is 2. The van der Waals surface area contributed by atoms with Gasteiger partial charge in [0.25, 0.3) is 5.91 Å². The number of hydrogen-bond donors (Lipinski definition) is 2. The van der Waals surface area contributed by atoms with Gasteiger partial charge >= 0.3 is 5.97 Å². The number of hydrogen-bond acceptors (Lipinski definition) is 4. The minimum Gasteiger partial charge on any atom is -0.451 e. The Morgan fingerprint density at radius 1 is 1.32 bits per heavy atom. The van der Waals surface area contributed by atoms with Crippen LogP contribution in [0.15, 0.2) is 18.2 Å². The number of esters is 1. The van der Waals surface area contributed by atoms with Crippen LogP contribution in [0.2, 0.25) is 0 Å². The fourth-order valence-electron chi connectivity index (χ4n) is 2.34. The van der Waals surface area contributed by atoms with E-state index in [4.69, 9.17) is 4.74 Å². The maximum absolute atomic E-state index is 12.2. The molecule has 0 radical (unpaired) electrons. The highest BCUT2D eigenvalue weighted by Crippen LogP contribution is 2.20. The molecule has 6 heteroatoms. The zero-order chi connectivity index (χ0) is 16.3. The first-order valence-corrected chi connectivity index (χ1v) is 7.25. The van der Waals surface area contributed by atoms with Crippen LogP contribution in [0.5, 0.6) is 0 Å². The third kappa shape index (κ3) is 3.63. The van der Waals surface area contributed by atoms with Gasteiger partial charge < -0.3 is 15.4 Å². The Morgan fingerprint density at radius 2 is 1.95 bits per heavy atom. The van der Waals surface area contributed by atoms with Gasteiger partial charge in [0, 0.05) is 12.1 Å². The zero-order valence-electron chi connectivity index (χ0n) is 12.9. The average molecular weight is 304 g/mol. The van der Waals surface area contributed by atoms with E-state index in [0.29, 0.717) is 12.8 Å². The molecule has 2 rings (SSSR count). The topological polar surface area (TPSA) is 84.5 Å². The summed E-state index contributed by atoms with van der Waals surface area (Å²) < 4.78 is 5.13. The molecule has 0 aliphatic carbocycles. The van der Waals surface area contributed by atoms with Crippen LogP contribution in [0.4, 0.5) is 5.69 Å². The van der Waals surface area contributed by atoms with Crippen LogP contribution >= 0.6 is 0 Å². The number of rotatable bonds is 4. The number of nitrogens with one attached hydrogen (secondary N) is 2. The highest BCUT2D eigenvalue weighted by molar-refractivity contribution is 5.97. The van der Waals surface area contributed by atoms with Crippen molar-refractivity contribution in [3.05, 3.63) is 29.3 Å². The van der Waals surface area contributed by atoms with Crippen LogP contribution in [0.3, 0.4) is 0 Å². The van der Waals surface area contributed by atoms with E-state index >= 15 is 0 Å². The first-order chi connectivity index (χ1) is 10.4. The van der Waals surface area contributed by atoms with E-state index < -0.39 is 24.0 Å². The summed E-state index contributed by atoms with van der Waals surface area (Å²) in [6, 6.07) is 5.05. The van der Waals surface area contributed by atoms with Gasteiger partial charge in [0.15, 0.2) is 6.10 Å². The van der Waals surface area contributed by atoms with E-state index in [0.717, 1.165) is 16.8 Å². The van der Waals surface area contributed by atoms with Crippen molar-refractivity contribution in [2.24, 2.45) is 0 Å². The Balaban J connectivity index is 1.95. The first-order valence-electron chi connectivity index (χ1n) is 7.25. The summed E-state index contributed by atoms with van der Waals surface area (Å²) in [7, 11) is 0. The fourth-order valence-corrected chi connectivity index (χ4v) is 2.34. The smallest absolute Gasteiger partial charge is 0.329 e. The second kappa shape index (κ2) is 6.60. The Kier molecular flexibility index (Phi) is 4.80. The monoisotopic (exact) mass is 304 g/mol. The summed E-state index contributed by atoms with van der Waals surface area (Å²) in [5.74, 6) is -1.14. The van der Waals surface area contributed by atoms with E-state index in [1.807, 2.05) is 32.0 Å². The van der Waals surface area contributed by atoms with Gasteiger partial charge in [-0.3, -0.25) is 9.59 Å². The number of carbonyl (C=O) groups is 3. The molecule has 118 valence electrons. The van der Waals surface area contributed by atoms with Gasteiger partial charge in [0.2, 0.25) is 5.91 Å². The van der Waals surface area contributed by atoms with Gasteiger partial charge in [-0.25, -0.2) is 4.79 Å².